The molecule has 1 aromatic rings. The normalized spacial score (nSPS) is 19.1. The van der Waals surface area contributed by atoms with Crippen LogP contribution in [0, 0.1) is 6.92 Å². The molecule has 0 aromatic carbocycles. The standard InChI is InChI=1S/C10H11ClN2O3/c1-6-2-3-12-9(8(6)11)15-5-7-4-13-10(14)16-7/h2-3,7H,4-5H2,1H3,(H,13,14). The van der Waals surface area contributed by atoms with E-state index in [1.165, 1.54) is 0 Å². The van der Waals surface area contributed by atoms with Crippen molar-refractivity contribution in [3.63, 3.8) is 0 Å². The Bertz CT molecular complexity index is 411. The summed E-state index contributed by atoms with van der Waals surface area (Å²) in [6, 6.07) is 1.80. The summed E-state index contributed by atoms with van der Waals surface area (Å²) in [5.41, 5.74) is 0.896. The number of ether oxygens (including phenoxy) is 2. The van der Waals surface area contributed by atoms with E-state index in [2.05, 4.69) is 10.3 Å². The molecule has 0 radical (unpaired) electrons. The lowest BCUT2D eigenvalue weighted by Crippen LogP contribution is -2.22. The van der Waals surface area contributed by atoms with Crippen LogP contribution in [-0.2, 0) is 4.74 Å². The van der Waals surface area contributed by atoms with Crippen molar-refractivity contribution in [3.8, 4) is 5.88 Å². The molecule has 0 aliphatic carbocycles. The first-order valence-electron chi connectivity index (χ1n) is 4.85. The topological polar surface area (TPSA) is 60.5 Å². The van der Waals surface area contributed by atoms with Crippen LogP contribution in [0.2, 0.25) is 5.02 Å². The quantitative estimate of drug-likeness (QED) is 0.873. The number of carbonyl (C=O) groups is 1. The highest BCUT2D eigenvalue weighted by Gasteiger charge is 2.23. The zero-order valence-corrected chi connectivity index (χ0v) is 9.45. The van der Waals surface area contributed by atoms with Gasteiger partial charge in [-0.25, -0.2) is 9.78 Å². The molecule has 16 heavy (non-hydrogen) atoms. The van der Waals surface area contributed by atoms with Crippen molar-refractivity contribution in [2.24, 2.45) is 0 Å². The summed E-state index contributed by atoms with van der Waals surface area (Å²) in [6.45, 7) is 2.56. The molecule has 2 heterocycles. The molecule has 6 heteroatoms. The lowest BCUT2D eigenvalue weighted by atomic mass is 10.3. The van der Waals surface area contributed by atoms with Crippen LogP contribution in [0.1, 0.15) is 5.56 Å². The van der Waals surface area contributed by atoms with Crippen molar-refractivity contribution in [2.75, 3.05) is 13.2 Å². The van der Waals surface area contributed by atoms with Gasteiger partial charge >= 0.3 is 6.09 Å². The Kier molecular flexibility index (Phi) is 3.14. The molecule has 0 spiro atoms. The van der Waals surface area contributed by atoms with Gasteiger partial charge < -0.3 is 14.8 Å². The van der Waals surface area contributed by atoms with Crippen LogP contribution in [0.15, 0.2) is 12.3 Å². The molecular weight excluding hydrogens is 232 g/mol. The molecule has 1 N–H and O–H groups in total. The number of halogens is 1. The Labute approximate surface area is 97.7 Å². The smallest absolute Gasteiger partial charge is 0.407 e. The summed E-state index contributed by atoms with van der Waals surface area (Å²) in [5.74, 6) is 0.365. The number of aryl methyl sites for hydroxylation is 1. The Morgan fingerprint density at radius 1 is 1.75 bits per heavy atom. The van der Waals surface area contributed by atoms with E-state index in [1.807, 2.05) is 6.92 Å². The number of nitrogens with zero attached hydrogens (tertiary/aromatic N) is 1. The lowest BCUT2D eigenvalue weighted by molar-refractivity contribution is 0.103. The molecule has 2 rings (SSSR count). The van der Waals surface area contributed by atoms with Crippen LogP contribution < -0.4 is 10.1 Å². The fourth-order valence-electron chi connectivity index (χ4n) is 1.31. The van der Waals surface area contributed by atoms with Gasteiger partial charge in [0.15, 0.2) is 6.10 Å². The highest BCUT2D eigenvalue weighted by Crippen LogP contribution is 2.24. The lowest BCUT2D eigenvalue weighted by Gasteiger charge is -2.11. The summed E-state index contributed by atoms with van der Waals surface area (Å²) < 4.78 is 10.3. The third-order valence-electron chi connectivity index (χ3n) is 2.20. The molecule has 0 saturated carbocycles. The number of aromatic nitrogens is 1. The molecule has 1 unspecified atom stereocenters. The fourth-order valence-corrected chi connectivity index (χ4v) is 1.48. The van der Waals surface area contributed by atoms with E-state index in [9.17, 15) is 4.79 Å². The summed E-state index contributed by atoms with van der Waals surface area (Å²) in [6.07, 6.45) is 0.915. The van der Waals surface area contributed by atoms with Crippen molar-refractivity contribution in [3.05, 3.63) is 22.8 Å². The number of nitrogens with one attached hydrogen (secondary N) is 1. The van der Waals surface area contributed by atoms with E-state index in [0.717, 1.165) is 5.56 Å². The summed E-state index contributed by atoms with van der Waals surface area (Å²) in [5, 5.41) is 3.02. The first kappa shape index (κ1) is 11.0. The summed E-state index contributed by atoms with van der Waals surface area (Å²) in [7, 11) is 0. The van der Waals surface area contributed by atoms with Crippen molar-refractivity contribution in [1.29, 1.82) is 0 Å². The van der Waals surface area contributed by atoms with E-state index in [4.69, 9.17) is 21.1 Å². The van der Waals surface area contributed by atoms with Gasteiger partial charge in [-0.2, -0.15) is 0 Å². The molecule has 1 saturated heterocycles. The van der Waals surface area contributed by atoms with Crippen LogP contribution in [-0.4, -0.2) is 30.3 Å². The number of cyclic esters (lactones) is 1. The SMILES string of the molecule is Cc1ccnc(OCC2CNC(=O)O2)c1Cl. The van der Waals surface area contributed by atoms with Gasteiger partial charge in [-0.1, -0.05) is 11.6 Å². The number of hydrogen-bond acceptors (Lipinski definition) is 4. The minimum atomic E-state index is -0.420. The Hall–Kier alpha value is -1.49. The number of hydrogen-bond donors (Lipinski definition) is 1. The summed E-state index contributed by atoms with van der Waals surface area (Å²) >= 11 is 6.00. The second kappa shape index (κ2) is 4.57. The predicted octanol–water partition coefficient (Wildman–Crippen LogP) is 1.53. The van der Waals surface area contributed by atoms with Gasteiger partial charge in [-0.15, -0.1) is 0 Å². The van der Waals surface area contributed by atoms with E-state index >= 15 is 0 Å². The zero-order chi connectivity index (χ0) is 11.5. The van der Waals surface area contributed by atoms with Gasteiger partial charge in [-0.3, -0.25) is 0 Å². The van der Waals surface area contributed by atoms with Gasteiger partial charge in [0.05, 0.1) is 6.54 Å². The average Bonchev–Trinajstić information content (AvgIpc) is 2.67. The maximum Gasteiger partial charge on any atom is 0.407 e. The van der Waals surface area contributed by atoms with Crippen LogP contribution >= 0.6 is 11.6 Å². The highest BCUT2D eigenvalue weighted by atomic mass is 35.5. The molecule has 1 aliphatic heterocycles. The van der Waals surface area contributed by atoms with Gasteiger partial charge in [0.1, 0.15) is 11.6 Å². The van der Waals surface area contributed by atoms with E-state index < -0.39 is 6.09 Å². The number of carbonyl (C=O) groups excluding carboxylic acids is 1. The highest BCUT2D eigenvalue weighted by molar-refractivity contribution is 6.32. The monoisotopic (exact) mass is 242 g/mol. The average molecular weight is 243 g/mol. The van der Waals surface area contributed by atoms with Crippen LogP contribution in [0.5, 0.6) is 5.88 Å². The third kappa shape index (κ3) is 2.36. The number of pyridine rings is 1. The Morgan fingerprint density at radius 2 is 2.56 bits per heavy atom. The molecule has 1 aliphatic rings. The molecule has 86 valence electrons. The number of alkyl carbamates (subject to hydrolysis) is 1. The van der Waals surface area contributed by atoms with Gasteiger partial charge in [-0.05, 0) is 18.6 Å². The first-order chi connectivity index (χ1) is 7.66. The molecule has 1 atom stereocenters. The van der Waals surface area contributed by atoms with Crippen LogP contribution in [0.25, 0.3) is 0 Å². The first-order valence-corrected chi connectivity index (χ1v) is 5.23. The fraction of sp³-hybridized carbons (Fsp3) is 0.400. The van der Waals surface area contributed by atoms with Gasteiger partial charge in [0.2, 0.25) is 5.88 Å². The molecule has 1 amide bonds. The largest absolute Gasteiger partial charge is 0.473 e. The Morgan fingerprint density at radius 3 is 3.25 bits per heavy atom. The predicted molar refractivity (Wildman–Crippen MR) is 57.8 cm³/mol. The molecular formula is C10H11ClN2O3. The van der Waals surface area contributed by atoms with E-state index in [1.54, 1.807) is 12.3 Å². The molecule has 1 fully saturated rings. The molecule has 0 bridgehead atoms. The van der Waals surface area contributed by atoms with Crippen molar-refractivity contribution in [2.45, 2.75) is 13.0 Å². The second-order valence-corrected chi connectivity index (χ2v) is 3.84. The van der Waals surface area contributed by atoms with E-state index in [0.29, 0.717) is 17.4 Å². The van der Waals surface area contributed by atoms with Gasteiger partial charge in [0, 0.05) is 6.20 Å². The van der Waals surface area contributed by atoms with Gasteiger partial charge in [0.25, 0.3) is 0 Å². The minimum Gasteiger partial charge on any atom is -0.473 e. The van der Waals surface area contributed by atoms with Crippen LogP contribution in [0.3, 0.4) is 0 Å². The van der Waals surface area contributed by atoms with Crippen molar-refractivity contribution < 1.29 is 14.3 Å². The van der Waals surface area contributed by atoms with Crippen LogP contribution in [0.4, 0.5) is 4.79 Å². The van der Waals surface area contributed by atoms with Crippen molar-refractivity contribution in [1.82, 2.24) is 10.3 Å². The number of amides is 1. The maximum absolute atomic E-state index is 10.8. The molecule has 5 nitrogen and oxygen atoms in total. The maximum atomic E-state index is 10.8. The third-order valence-corrected chi connectivity index (χ3v) is 2.66. The minimum absolute atomic E-state index is 0.245. The Balaban J connectivity index is 1.94. The zero-order valence-electron chi connectivity index (χ0n) is 8.70. The summed E-state index contributed by atoms with van der Waals surface area (Å²) in [4.78, 5) is 14.8. The van der Waals surface area contributed by atoms with E-state index in [-0.39, 0.29) is 12.7 Å². The molecule has 1 aromatic heterocycles. The van der Waals surface area contributed by atoms with Crippen molar-refractivity contribution >= 4 is 17.7 Å². The second-order valence-electron chi connectivity index (χ2n) is 3.47. The number of rotatable bonds is 3.